The maximum atomic E-state index is 14.6. The van der Waals surface area contributed by atoms with E-state index < -0.39 is 34.8 Å². The molecule has 3 nitrogen and oxygen atoms in total. The van der Waals surface area contributed by atoms with Crippen LogP contribution in [-0.2, 0) is 17.0 Å². The van der Waals surface area contributed by atoms with Gasteiger partial charge in [-0.1, -0.05) is 0 Å². The van der Waals surface area contributed by atoms with Crippen molar-refractivity contribution in [3.63, 3.8) is 0 Å². The number of carboxylic acids is 1. The lowest BCUT2D eigenvalue weighted by Gasteiger charge is -2.39. The van der Waals surface area contributed by atoms with Gasteiger partial charge in [-0.3, -0.25) is 9.69 Å². The highest BCUT2D eigenvalue weighted by Gasteiger charge is 2.52. The minimum Gasteiger partial charge on any atom is -0.481 e. The number of hydrogen-bond acceptors (Lipinski definition) is 2. The zero-order valence-corrected chi connectivity index (χ0v) is 12.1. The first-order chi connectivity index (χ1) is 10.4. The number of carboxylic acid groups (broad SMARTS) is 1. The van der Waals surface area contributed by atoms with Gasteiger partial charge in [0.05, 0.1) is 11.5 Å². The fraction of sp³-hybridized carbons (Fsp3) is 0.562. The van der Waals surface area contributed by atoms with Crippen molar-refractivity contribution >= 4 is 5.97 Å². The Morgan fingerprint density at radius 3 is 2.27 bits per heavy atom. The molecule has 1 aliphatic heterocycles. The van der Waals surface area contributed by atoms with Crippen LogP contribution in [0.2, 0.25) is 0 Å². The lowest BCUT2D eigenvalue weighted by molar-refractivity contribution is -0.152. The molecule has 1 aromatic rings. The Bertz CT molecular complexity index is 570. The summed E-state index contributed by atoms with van der Waals surface area (Å²) in [6, 6.07) is 2.35. The number of hydrogen-bond donors (Lipinski definition) is 1. The van der Waals surface area contributed by atoms with Crippen LogP contribution in [0.5, 0.6) is 0 Å². The third-order valence-electron chi connectivity index (χ3n) is 4.64. The van der Waals surface area contributed by atoms with Gasteiger partial charge in [-0.25, -0.2) is 13.2 Å². The van der Waals surface area contributed by atoms with Crippen LogP contribution in [0.4, 0.5) is 13.2 Å². The Morgan fingerprint density at radius 1 is 1.23 bits per heavy atom. The van der Waals surface area contributed by atoms with E-state index >= 15 is 0 Å². The second kappa shape index (κ2) is 5.57. The first-order valence-electron chi connectivity index (χ1n) is 7.51. The van der Waals surface area contributed by atoms with Crippen LogP contribution in [0.15, 0.2) is 12.1 Å². The number of nitrogens with zero attached hydrogens (tertiary/aromatic N) is 1. The highest BCUT2D eigenvalue weighted by atomic mass is 19.2. The van der Waals surface area contributed by atoms with Crippen molar-refractivity contribution in [2.24, 2.45) is 5.92 Å². The van der Waals surface area contributed by atoms with Gasteiger partial charge in [0.2, 0.25) is 0 Å². The molecule has 0 unspecified atom stereocenters. The van der Waals surface area contributed by atoms with Crippen LogP contribution in [-0.4, -0.2) is 29.1 Å². The predicted molar refractivity (Wildman–Crippen MR) is 74.0 cm³/mol. The second-order valence-electron chi connectivity index (χ2n) is 6.33. The van der Waals surface area contributed by atoms with E-state index in [4.69, 9.17) is 5.11 Å². The molecule has 0 aromatic heterocycles. The van der Waals surface area contributed by atoms with E-state index in [2.05, 4.69) is 4.90 Å². The van der Waals surface area contributed by atoms with Crippen molar-refractivity contribution in [3.05, 3.63) is 34.9 Å². The van der Waals surface area contributed by atoms with Crippen molar-refractivity contribution in [2.45, 2.75) is 37.9 Å². The molecule has 0 bridgehead atoms. The molecule has 0 radical (unpaired) electrons. The van der Waals surface area contributed by atoms with E-state index in [-0.39, 0.29) is 12.8 Å². The summed E-state index contributed by atoms with van der Waals surface area (Å²) >= 11 is 0. The van der Waals surface area contributed by atoms with Crippen molar-refractivity contribution in [2.75, 3.05) is 13.1 Å². The molecule has 0 spiro atoms. The van der Waals surface area contributed by atoms with Crippen LogP contribution in [0, 0.1) is 17.6 Å². The summed E-state index contributed by atoms with van der Waals surface area (Å²) in [7, 11) is 0. The second-order valence-corrected chi connectivity index (χ2v) is 6.33. The number of benzene rings is 1. The normalized spacial score (nSPS) is 28.6. The van der Waals surface area contributed by atoms with Crippen LogP contribution in [0.1, 0.15) is 36.8 Å². The first kappa shape index (κ1) is 15.3. The van der Waals surface area contributed by atoms with Gasteiger partial charge in [0.25, 0.3) is 0 Å². The largest absolute Gasteiger partial charge is 0.481 e. The Kier molecular flexibility index (Phi) is 3.89. The number of rotatable bonds is 4. The summed E-state index contributed by atoms with van der Waals surface area (Å²) in [6.07, 6.45) is 1.41. The quantitative estimate of drug-likeness (QED) is 0.928. The number of alkyl halides is 1. The topological polar surface area (TPSA) is 40.5 Å². The third kappa shape index (κ3) is 2.72. The van der Waals surface area contributed by atoms with Crippen molar-refractivity contribution in [1.29, 1.82) is 0 Å². The first-order valence-corrected chi connectivity index (χ1v) is 7.51. The van der Waals surface area contributed by atoms with E-state index in [0.717, 1.165) is 25.9 Å². The van der Waals surface area contributed by atoms with Gasteiger partial charge in [-0.15, -0.1) is 0 Å². The number of aliphatic carboxylic acids is 1. The SMILES string of the molecule is O=C(O)C1CC(F)(c2c(F)cc(CN3CCCC3)cc2F)C1. The number of halogens is 3. The van der Waals surface area contributed by atoms with Crippen molar-refractivity contribution in [3.8, 4) is 0 Å². The average Bonchev–Trinajstić information content (AvgIpc) is 2.87. The maximum Gasteiger partial charge on any atom is 0.306 e. The summed E-state index contributed by atoms with van der Waals surface area (Å²) in [6.45, 7) is 2.25. The van der Waals surface area contributed by atoms with Crippen LogP contribution in [0.25, 0.3) is 0 Å². The van der Waals surface area contributed by atoms with Crippen LogP contribution in [0.3, 0.4) is 0 Å². The predicted octanol–water partition coefficient (Wildman–Crippen LogP) is 3.22. The molecular weight excluding hydrogens is 295 g/mol. The van der Waals surface area contributed by atoms with Gasteiger partial charge in [-0.2, -0.15) is 0 Å². The molecule has 2 fully saturated rings. The summed E-state index contributed by atoms with van der Waals surface area (Å²) in [5, 5.41) is 8.79. The Balaban J connectivity index is 1.80. The summed E-state index contributed by atoms with van der Waals surface area (Å²) in [4.78, 5) is 12.9. The molecule has 0 amide bonds. The third-order valence-corrected chi connectivity index (χ3v) is 4.64. The zero-order valence-electron chi connectivity index (χ0n) is 12.1. The number of likely N-dealkylation sites (tertiary alicyclic amines) is 1. The molecule has 2 aliphatic rings. The Morgan fingerprint density at radius 2 is 1.77 bits per heavy atom. The Hall–Kier alpha value is -1.56. The highest BCUT2D eigenvalue weighted by molar-refractivity contribution is 5.72. The monoisotopic (exact) mass is 313 g/mol. The summed E-state index contributed by atoms with van der Waals surface area (Å²) in [5.41, 5.74) is -2.34. The summed E-state index contributed by atoms with van der Waals surface area (Å²) < 4.78 is 42.9. The minimum atomic E-state index is -2.20. The van der Waals surface area contributed by atoms with E-state index in [0.29, 0.717) is 12.1 Å². The van der Waals surface area contributed by atoms with Crippen molar-refractivity contribution < 1.29 is 23.1 Å². The molecular formula is C16H18F3NO2. The molecule has 1 saturated carbocycles. The highest BCUT2D eigenvalue weighted by Crippen LogP contribution is 2.50. The lowest BCUT2D eigenvalue weighted by atomic mass is 9.68. The zero-order chi connectivity index (χ0) is 15.9. The van der Waals surface area contributed by atoms with E-state index in [1.807, 2.05) is 0 Å². The van der Waals surface area contributed by atoms with Crippen molar-refractivity contribution in [1.82, 2.24) is 4.90 Å². The average molecular weight is 313 g/mol. The molecule has 22 heavy (non-hydrogen) atoms. The van der Waals surface area contributed by atoms with Crippen LogP contribution < -0.4 is 0 Å². The fourth-order valence-corrected chi connectivity index (χ4v) is 3.44. The minimum absolute atomic E-state index is 0.373. The maximum absolute atomic E-state index is 14.6. The smallest absolute Gasteiger partial charge is 0.306 e. The van der Waals surface area contributed by atoms with E-state index in [1.54, 1.807) is 0 Å². The van der Waals surface area contributed by atoms with E-state index in [1.165, 1.54) is 12.1 Å². The molecule has 1 heterocycles. The number of carbonyl (C=O) groups is 1. The molecule has 0 atom stereocenters. The molecule has 3 rings (SSSR count). The molecule has 120 valence electrons. The van der Waals surface area contributed by atoms with Gasteiger partial charge in [-0.05, 0) is 56.5 Å². The fourth-order valence-electron chi connectivity index (χ4n) is 3.44. The molecule has 1 aliphatic carbocycles. The van der Waals surface area contributed by atoms with Gasteiger partial charge in [0.1, 0.15) is 17.3 Å². The standard InChI is InChI=1S/C16H18F3NO2/c17-12-5-10(9-20-3-1-2-4-20)6-13(18)14(12)16(19)7-11(8-16)15(21)22/h5-6,11H,1-4,7-9H2,(H,21,22). The van der Waals surface area contributed by atoms with Gasteiger partial charge >= 0.3 is 5.97 Å². The lowest BCUT2D eigenvalue weighted by Crippen LogP contribution is -2.42. The van der Waals surface area contributed by atoms with Gasteiger partial charge in [0, 0.05) is 6.54 Å². The Labute approximate surface area is 126 Å². The van der Waals surface area contributed by atoms with Gasteiger partial charge < -0.3 is 5.11 Å². The van der Waals surface area contributed by atoms with Gasteiger partial charge in [0.15, 0.2) is 0 Å². The molecule has 1 saturated heterocycles. The van der Waals surface area contributed by atoms with Crippen LogP contribution >= 0.6 is 0 Å². The molecule has 1 N–H and O–H groups in total. The molecule has 1 aromatic carbocycles. The molecule has 6 heteroatoms. The van der Waals surface area contributed by atoms with E-state index in [9.17, 15) is 18.0 Å². The summed E-state index contributed by atoms with van der Waals surface area (Å²) in [5.74, 6) is -3.83.